The van der Waals surface area contributed by atoms with Crippen LogP contribution in [0.25, 0.3) is 0 Å². The molecular weight excluding hydrogens is 380 g/mol. The molecule has 0 spiro atoms. The number of anilines is 1. The first-order chi connectivity index (χ1) is 14.6. The van der Waals surface area contributed by atoms with Gasteiger partial charge in [0.25, 0.3) is 0 Å². The molecule has 6 heteroatoms. The molecule has 0 unspecified atom stereocenters. The minimum atomic E-state index is -0.737. The van der Waals surface area contributed by atoms with Crippen LogP contribution in [-0.4, -0.2) is 48.8 Å². The van der Waals surface area contributed by atoms with Gasteiger partial charge in [-0.05, 0) is 57.1 Å². The summed E-state index contributed by atoms with van der Waals surface area (Å²) in [5.74, 6) is 0.243. The number of likely N-dealkylation sites (N-methyl/N-ethyl adjacent to an activating group) is 1. The van der Waals surface area contributed by atoms with E-state index in [2.05, 4.69) is 17.5 Å². The molecule has 0 aliphatic carbocycles. The van der Waals surface area contributed by atoms with Gasteiger partial charge in [0.1, 0.15) is 0 Å². The van der Waals surface area contributed by atoms with Gasteiger partial charge in [0, 0.05) is 31.1 Å². The Morgan fingerprint density at radius 1 is 1.17 bits per heavy atom. The quantitative estimate of drug-likeness (QED) is 0.403. The highest BCUT2D eigenvalue weighted by Crippen LogP contribution is 2.44. The van der Waals surface area contributed by atoms with Crippen LogP contribution in [0.2, 0.25) is 0 Å². The van der Waals surface area contributed by atoms with Crippen molar-refractivity contribution in [3.8, 4) is 0 Å². The van der Waals surface area contributed by atoms with E-state index in [1.54, 1.807) is 0 Å². The Balaban J connectivity index is 1.45. The van der Waals surface area contributed by atoms with E-state index in [4.69, 9.17) is 9.84 Å². The molecule has 1 aromatic carbocycles. The number of carboxylic acids is 1. The van der Waals surface area contributed by atoms with Gasteiger partial charge < -0.3 is 20.1 Å². The molecule has 1 amide bonds. The number of hydrogen-bond acceptors (Lipinski definition) is 4. The van der Waals surface area contributed by atoms with Crippen LogP contribution in [0, 0.1) is 11.8 Å². The number of aliphatic carboxylic acids is 1. The maximum absolute atomic E-state index is 12.7. The van der Waals surface area contributed by atoms with Crippen LogP contribution in [0.3, 0.4) is 0 Å². The lowest BCUT2D eigenvalue weighted by molar-refractivity contribution is -0.137. The highest BCUT2D eigenvalue weighted by Gasteiger charge is 2.47. The number of rotatable bonds is 12. The number of unbranched alkanes of at least 4 members (excludes halogenated alkanes) is 1. The lowest BCUT2D eigenvalue weighted by Crippen LogP contribution is -2.42. The average molecular weight is 415 g/mol. The Labute approximate surface area is 179 Å². The number of ether oxygens (including phenoxy) is 1. The van der Waals surface area contributed by atoms with Gasteiger partial charge in [-0.15, -0.1) is 0 Å². The molecule has 0 aromatic heterocycles. The lowest BCUT2D eigenvalue weighted by Gasteiger charge is -2.28. The maximum Gasteiger partial charge on any atom is 0.303 e. The van der Waals surface area contributed by atoms with Crippen molar-refractivity contribution in [3.05, 3.63) is 42.5 Å². The van der Waals surface area contributed by atoms with E-state index in [0.29, 0.717) is 43.6 Å². The molecular formula is C24H34N2O4. The van der Waals surface area contributed by atoms with Gasteiger partial charge in [0.2, 0.25) is 5.91 Å². The summed E-state index contributed by atoms with van der Waals surface area (Å²) < 4.78 is 6.16. The first-order valence-electron chi connectivity index (χ1n) is 11.2. The smallest absolute Gasteiger partial charge is 0.303 e. The van der Waals surface area contributed by atoms with Crippen molar-refractivity contribution in [2.45, 2.75) is 57.7 Å². The second-order valence-electron chi connectivity index (χ2n) is 8.22. The molecule has 2 N–H and O–H groups in total. The van der Waals surface area contributed by atoms with Crippen LogP contribution in [0.15, 0.2) is 42.5 Å². The number of fused-ring (bicyclic) bond motifs is 2. The first kappa shape index (κ1) is 22.5. The predicted molar refractivity (Wildman–Crippen MR) is 117 cm³/mol. The average Bonchev–Trinajstić information content (AvgIpc) is 3.34. The molecule has 6 nitrogen and oxygen atoms in total. The van der Waals surface area contributed by atoms with E-state index >= 15 is 0 Å². The highest BCUT2D eigenvalue weighted by atomic mass is 16.5. The van der Waals surface area contributed by atoms with Crippen molar-refractivity contribution in [1.82, 2.24) is 5.32 Å². The normalized spacial score (nSPS) is 25.1. The van der Waals surface area contributed by atoms with Gasteiger partial charge in [-0.1, -0.05) is 30.4 Å². The molecule has 0 saturated carbocycles. The van der Waals surface area contributed by atoms with Crippen LogP contribution < -0.4 is 10.2 Å². The zero-order valence-electron chi connectivity index (χ0n) is 17.8. The standard InChI is InChI=1S/C24H34N2O4/c1-2-26(18-10-6-5-7-11-18)23(27)17-25-16-20-19(21-14-15-22(20)30-21)12-8-3-4-9-13-24(28)29/h3,5-8,10-11,19-22,25H,2,4,9,12-17H2,1H3,(H,28,29)/b8-3-/t19-,20+,21-,22+/m1/s1. The first-order valence-corrected chi connectivity index (χ1v) is 11.2. The minimum Gasteiger partial charge on any atom is -0.481 e. The number of amides is 1. The Kier molecular flexibility index (Phi) is 8.46. The van der Waals surface area contributed by atoms with Crippen LogP contribution >= 0.6 is 0 Å². The molecule has 3 rings (SSSR count). The summed E-state index contributed by atoms with van der Waals surface area (Å²) in [6, 6.07) is 9.78. The summed E-state index contributed by atoms with van der Waals surface area (Å²) in [6.45, 7) is 3.76. The molecule has 4 atom stereocenters. The molecule has 164 valence electrons. The largest absolute Gasteiger partial charge is 0.481 e. The lowest BCUT2D eigenvalue weighted by atomic mass is 9.77. The minimum absolute atomic E-state index is 0.0858. The van der Waals surface area contributed by atoms with Crippen LogP contribution in [-0.2, 0) is 14.3 Å². The third kappa shape index (κ3) is 5.92. The molecule has 0 radical (unpaired) electrons. The Bertz CT molecular complexity index is 721. The summed E-state index contributed by atoms with van der Waals surface area (Å²) in [5, 5.41) is 12.1. The SMILES string of the molecule is CCN(C(=O)CNC[C@H]1[C@@H](C/C=C\CCCC(=O)O)[C@H]2CC[C@@H]1O2)c1ccccc1. The Hall–Kier alpha value is -2.18. The fraction of sp³-hybridized carbons (Fsp3) is 0.583. The van der Waals surface area contributed by atoms with Gasteiger partial charge in [0.15, 0.2) is 0 Å². The van der Waals surface area contributed by atoms with E-state index in [1.807, 2.05) is 42.2 Å². The monoisotopic (exact) mass is 414 g/mol. The van der Waals surface area contributed by atoms with Gasteiger partial charge in [0.05, 0.1) is 18.8 Å². The molecule has 2 heterocycles. The van der Waals surface area contributed by atoms with E-state index in [9.17, 15) is 9.59 Å². The Morgan fingerprint density at radius 2 is 1.90 bits per heavy atom. The molecule has 2 saturated heterocycles. The summed E-state index contributed by atoms with van der Waals surface area (Å²) in [6.07, 6.45) is 9.78. The molecule has 2 bridgehead atoms. The second kappa shape index (κ2) is 11.3. The number of hydrogen-bond donors (Lipinski definition) is 2. The molecule has 1 aromatic rings. The van der Waals surface area contributed by atoms with E-state index in [0.717, 1.165) is 37.9 Å². The number of nitrogens with zero attached hydrogens (tertiary/aromatic N) is 1. The number of allylic oxidation sites excluding steroid dienone is 2. The van der Waals surface area contributed by atoms with Crippen LogP contribution in [0.4, 0.5) is 5.69 Å². The van der Waals surface area contributed by atoms with E-state index < -0.39 is 5.97 Å². The highest BCUT2D eigenvalue weighted by molar-refractivity contribution is 5.94. The molecule has 2 fully saturated rings. The molecule has 30 heavy (non-hydrogen) atoms. The number of para-hydroxylation sites is 1. The third-order valence-electron chi connectivity index (χ3n) is 6.27. The number of carbonyl (C=O) groups excluding carboxylic acids is 1. The fourth-order valence-electron chi connectivity index (χ4n) is 4.77. The summed E-state index contributed by atoms with van der Waals surface area (Å²) in [4.78, 5) is 25.1. The summed E-state index contributed by atoms with van der Waals surface area (Å²) in [5.41, 5.74) is 0.931. The molecule has 2 aliphatic heterocycles. The van der Waals surface area contributed by atoms with E-state index in [-0.39, 0.29) is 12.3 Å². The topological polar surface area (TPSA) is 78.9 Å². The van der Waals surface area contributed by atoms with Gasteiger partial charge >= 0.3 is 5.97 Å². The Morgan fingerprint density at radius 3 is 2.60 bits per heavy atom. The van der Waals surface area contributed by atoms with E-state index in [1.165, 1.54) is 0 Å². The summed E-state index contributed by atoms with van der Waals surface area (Å²) >= 11 is 0. The van der Waals surface area contributed by atoms with Gasteiger partial charge in [-0.25, -0.2) is 0 Å². The summed E-state index contributed by atoms with van der Waals surface area (Å²) in [7, 11) is 0. The van der Waals surface area contributed by atoms with Crippen molar-refractivity contribution in [3.63, 3.8) is 0 Å². The molecule has 2 aliphatic rings. The van der Waals surface area contributed by atoms with Crippen molar-refractivity contribution < 1.29 is 19.4 Å². The van der Waals surface area contributed by atoms with Gasteiger partial charge in [-0.2, -0.15) is 0 Å². The van der Waals surface area contributed by atoms with Gasteiger partial charge in [-0.3, -0.25) is 9.59 Å². The zero-order valence-corrected chi connectivity index (χ0v) is 17.8. The predicted octanol–water partition coefficient (Wildman–Crippen LogP) is 3.62. The van der Waals surface area contributed by atoms with Crippen molar-refractivity contribution >= 4 is 17.6 Å². The second-order valence-corrected chi connectivity index (χ2v) is 8.22. The number of carbonyl (C=O) groups is 2. The van der Waals surface area contributed by atoms with Crippen LogP contribution in [0.1, 0.15) is 45.4 Å². The van der Waals surface area contributed by atoms with Crippen molar-refractivity contribution in [2.24, 2.45) is 11.8 Å². The number of carboxylic acid groups (broad SMARTS) is 1. The number of benzene rings is 1. The van der Waals surface area contributed by atoms with Crippen molar-refractivity contribution in [2.75, 3.05) is 24.5 Å². The number of nitrogens with one attached hydrogen (secondary N) is 1. The van der Waals surface area contributed by atoms with Crippen LogP contribution in [0.5, 0.6) is 0 Å². The fourth-order valence-corrected chi connectivity index (χ4v) is 4.77. The maximum atomic E-state index is 12.7. The zero-order chi connectivity index (χ0) is 21.3. The van der Waals surface area contributed by atoms with Crippen molar-refractivity contribution in [1.29, 1.82) is 0 Å². The third-order valence-corrected chi connectivity index (χ3v) is 6.27.